The lowest BCUT2D eigenvalue weighted by atomic mass is 10.1. The number of ether oxygens (including phenoxy) is 1. The molecular weight excluding hydrogens is 242 g/mol. The Morgan fingerprint density at radius 1 is 1.21 bits per heavy atom. The summed E-state index contributed by atoms with van der Waals surface area (Å²) in [5, 5.41) is 3.98. The SMILES string of the molecule is CCO/N=C(\C)c1ccc(Oc2cnccn2)cc1. The van der Waals surface area contributed by atoms with Crippen molar-refractivity contribution in [1.82, 2.24) is 9.97 Å². The van der Waals surface area contributed by atoms with E-state index in [-0.39, 0.29) is 0 Å². The molecule has 5 heteroatoms. The first kappa shape index (κ1) is 13.0. The Balaban J connectivity index is 2.06. The van der Waals surface area contributed by atoms with E-state index in [1.165, 1.54) is 0 Å². The highest BCUT2D eigenvalue weighted by atomic mass is 16.6. The van der Waals surface area contributed by atoms with Crippen LogP contribution in [0.25, 0.3) is 0 Å². The maximum Gasteiger partial charge on any atom is 0.237 e. The van der Waals surface area contributed by atoms with Gasteiger partial charge in [-0.15, -0.1) is 0 Å². The summed E-state index contributed by atoms with van der Waals surface area (Å²) < 4.78 is 5.55. The predicted octanol–water partition coefficient (Wildman–Crippen LogP) is 3.03. The zero-order chi connectivity index (χ0) is 13.5. The Kier molecular flexibility index (Phi) is 4.44. The fourth-order valence-corrected chi connectivity index (χ4v) is 1.44. The normalized spacial score (nSPS) is 11.2. The Bertz CT molecular complexity index is 538. The molecule has 0 radical (unpaired) electrons. The summed E-state index contributed by atoms with van der Waals surface area (Å²) in [7, 11) is 0. The predicted molar refractivity (Wildman–Crippen MR) is 72.4 cm³/mol. The van der Waals surface area contributed by atoms with Gasteiger partial charge < -0.3 is 9.57 Å². The number of benzene rings is 1. The van der Waals surface area contributed by atoms with E-state index in [0.29, 0.717) is 18.2 Å². The average molecular weight is 257 g/mol. The number of rotatable bonds is 5. The Hall–Kier alpha value is -2.43. The summed E-state index contributed by atoms with van der Waals surface area (Å²) in [6.45, 7) is 4.36. The Morgan fingerprint density at radius 2 is 2.00 bits per heavy atom. The van der Waals surface area contributed by atoms with Gasteiger partial charge in [0, 0.05) is 12.4 Å². The maximum atomic E-state index is 5.55. The summed E-state index contributed by atoms with van der Waals surface area (Å²) >= 11 is 0. The van der Waals surface area contributed by atoms with Gasteiger partial charge >= 0.3 is 0 Å². The van der Waals surface area contributed by atoms with Crippen molar-refractivity contribution in [2.75, 3.05) is 6.61 Å². The molecule has 0 bridgehead atoms. The second-order valence-electron chi connectivity index (χ2n) is 3.76. The van der Waals surface area contributed by atoms with Crippen LogP contribution in [0.5, 0.6) is 11.6 Å². The van der Waals surface area contributed by atoms with E-state index in [9.17, 15) is 0 Å². The van der Waals surface area contributed by atoms with Gasteiger partial charge in [-0.25, -0.2) is 4.98 Å². The van der Waals surface area contributed by atoms with Gasteiger partial charge in [-0.3, -0.25) is 4.98 Å². The van der Waals surface area contributed by atoms with Gasteiger partial charge in [0.05, 0.1) is 11.9 Å². The van der Waals surface area contributed by atoms with Gasteiger partial charge in [0.2, 0.25) is 5.88 Å². The summed E-state index contributed by atoms with van der Waals surface area (Å²) in [6.07, 6.45) is 4.75. The molecule has 0 N–H and O–H groups in total. The number of aromatic nitrogens is 2. The van der Waals surface area contributed by atoms with Crippen molar-refractivity contribution in [2.45, 2.75) is 13.8 Å². The van der Waals surface area contributed by atoms with E-state index in [0.717, 1.165) is 11.3 Å². The van der Waals surface area contributed by atoms with Crippen molar-refractivity contribution in [2.24, 2.45) is 5.16 Å². The highest BCUT2D eigenvalue weighted by molar-refractivity contribution is 5.98. The monoisotopic (exact) mass is 257 g/mol. The molecule has 0 atom stereocenters. The third kappa shape index (κ3) is 3.77. The van der Waals surface area contributed by atoms with Gasteiger partial charge in [0.1, 0.15) is 12.4 Å². The number of hydrogen-bond donors (Lipinski definition) is 0. The molecule has 0 spiro atoms. The lowest BCUT2D eigenvalue weighted by molar-refractivity contribution is 0.159. The molecule has 0 unspecified atom stereocenters. The highest BCUT2D eigenvalue weighted by Crippen LogP contribution is 2.18. The van der Waals surface area contributed by atoms with Crippen LogP contribution in [0.3, 0.4) is 0 Å². The fourth-order valence-electron chi connectivity index (χ4n) is 1.44. The number of hydrogen-bond acceptors (Lipinski definition) is 5. The van der Waals surface area contributed by atoms with Crippen LogP contribution in [0, 0.1) is 0 Å². The molecule has 0 aliphatic rings. The third-order valence-corrected chi connectivity index (χ3v) is 2.36. The molecule has 19 heavy (non-hydrogen) atoms. The molecule has 0 fully saturated rings. The lowest BCUT2D eigenvalue weighted by Gasteiger charge is -2.05. The fraction of sp³-hybridized carbons (Fsp3) is 0.214. The van der Waals surface area contributed by atoms with E-state index in [1.807, 2.05) is 38.1 Å². The topological polar surface area (TPSA) is 56.6 Å². The summed E-state index contributed by atoms with van der Waals surface area (Å²) in [5.41, 5.74) is 1.81. The second kappa shape index (κ2) is 6.49. The first-order valence-electron chi connectivity index (χ1n) is 6.00. The molecule has 1 aromatic carbocycles. The highest BCUT2D eigenvalue weighted by Gasteiger charge is 2.01. The molecule has 5 nitrogen and oxygen atoms in total. The molecule has 0 aliphatic carbocycles. The molecule has 1 heterocycles. The molecule has 98 valence electrons. The Labute approximate surface area is 111 Å². The minimum atomic E-state index is 0.468. The molecule has 1 aromatic heterocycles. The van der Waals surface area contributed by atoms with Crippen LogP contribution in [0.2, 0.25) is 0 Å². The van der Waals surface area contributed by atoms with Crippen LogP contribution in [0.15, 0.2) is 48.0 Å². The summed E-state index contributed by atoms with van der Waals surface area (Å²) in [5.74, 6) is 1.17. The smallest absolute Gasteiger partial charge is 0.237 e. The van der Waals surface area contributed by atoms with Gasteiger partial charge in [-0.05, 0) is 43.7 Å². The number of nitrogens with zero attached hydrogens (tertiary/aromatic N) is 3. The van der Waals surface area contributed by atoms with E-state index >= 15 is 0 Å². The average Bonchev–Trinajstić information content (AvgIpc) is 2.46. The summed E-state index contributed by atoms with van der Waals surface area (Å²) in [4.78, 5) is 13.0. The summed E-state index contributed by atoms with van der Waals surface area (Å²) in [6, 6.07) is 7.55. The molecule has 0 saturated heterocycles. The van der Waals surface area contributed by atoms with Crippen molar-refractivity contribution in [3.05, 3.63) is 48.4 Å². The second-order valence-corrected chi connectivity index (χ2v) is 3.76. The van der Waals surface area contributed by atoms with E-state index in [1.54, 1.807) is 18.6 Å². The van der Waals surface area contributed by atoms with Gasteiger partial charge in [-0.2, -0.15) is 0 Å². The number of oxime groups is 1. The van der Waals surface area contributed by atoms with Crippen molar-refractivity contribution in [3.8, 4) is 11.6 Å². The van der Waals surface area contributed by atoms with Crippen molar-refractivity contribution < 1.29 is 9.57 Å². The van der Waals surface area contributed by atoms with Crippen molar-refractivity contribution in [1.29, 1.82) is 0 Å². The zero-order valence-electron chi connectivity index (χ0n) is 10.9. The van der Waals surface area contributed by atoms with E-state index in [2.05, 4.69) is 15.1 Å². The van der Waals surface area contributed by atoms with Crippen LogP contribution in [0.4, 0.5) is 0 Å². The molecule has 0 aliphatic heterocycles. The third-order valence-electron chi connectivity index (χ3n) is 2.36. The van der Waals surface area contributed by atoms with Gasteiger partial charge in [-0.1, -0.05) is 5.16 Å². The van der Waals surface area contributed by atoms with Crippen molar-refractivity contribution in [3.63, 3.8) is 0 Å². The first-order chi connectivity index (χ1) is 9.29. The van der Waals surface area contributed by atoms with Crippen LogP contribution < -0.4 is 4.74 Å². The zero-order valence-corrected chi connectivity index (χ0v) is 10.9. The molecule has 2 rings (SSSR count). The van der Waals surface area contributed by atoms with Crippen molar-refractivity contribution >= 4 is 5.71 Å². The largest absolute Gasteiger partial charge is 0.438 e. The van der Waals surface area contributed by atoms with Crippen LogP contribution in [-0.4, -0.2) is 22.3 Å². The lowest BCUT2D eigenvalue weighted by Crippen LogP contribution is -1.96. The van der Waals surface area contributed by atoms with Gasteiger partial charge in [0.15, 0.2) is 0 Å². The molecular formula is C14H15N3O2. The van der Waals surface area contributed by atoms with Crippen LogP contribution >= 0.6 is 0 Å². The molecule has 0 amide bonds. The maximum absolute atomic E-state index is 5.55. The van der Waals surface area contributed by atoms with Crippen LogP contribution in [-0.2, 0) is 4.84 Å². The van der Waals surface area contributed by atoms with E-state index in [4.69, 9.17) is 9.57 Å². The first-order valence-corrected chi connectivity index (χ1v) is 6.00. The minimum Gasteiger partial charge on any atom is -0.438 e. The van der Waals surface area contributed by atoms with Crippen LogP contribution in [0.1, 0.15) is 19.4 Å². The van der Waals surface area contributed by atoms with Gasteiger partial charge in [0.25, 0.3) is 0 Å². The standard InChI is InChI=1S/C14H15N3O2/c1-3-18-17-11(2)12-4-6-13(7-5-12)19-14-10-15-8-9-16-14/h4-10H,3H2,1-2H3/b17-11+. The Morgan fingerprint density at radius 3 is 2.63 bits per heavy atom. The molecule has 0 saturated carbocycles. The molecule has 2 aromatic rings. The quantitative estimate of drug-likeness (QED) is 0.610. The van der Waals surface area contributed by atoms with E-state index < -0.39 is 0 Å². The minimum absolute atomic E-state index is 0.468.